The second kappa shape index (κ2) is 5.00. The van der Waals surface area contributed by atoms with Crippen molar-refractivity contribution < 1.29 is 9.53 Å². The van der Waals surface area contributed by atoms with Crippen LogP contribution in [-0.4, -0.2) is 12.6 Å². The van der Waals surface area contributed by atoms with Crippen LogP contribution < -0.4 is 0 Å². The molecule has 1 aromatic rings. The highest BCUT2D eigenvalue weighted by atomic mass is 79.9. The zero-order valence-electron chi connectivity index (χ0n) is 9.28. The van der Waals surface area contributed by atoms with Crippen molar-refractivity contribution in [3.63, 3.8) is 0 Å². The van der Waals surface area contributed by atoms with E-state index in [0.29, 0.717) is 12.5 Å². The second-order valence-corrected chi connectivity index (χ2v) is 4.93. The molecule has 1 unspecified atom stereocenters. The first kappa shape index (κ1) is 11.6. The van der Waals surface area contributed by atoms with Crippen LogP contribution in [0.25, 0.3) is 0 Å². The van der Waals surface area contributed by atoms with Crippen LogP contribution in [0.5, 0.6) is 0 Å². The molecule has 0 amide bonds. The standard InChI is InChI=1S/C13H15BrO2/c1-2-16-13(15)12(14)11-6-4-3-5-10(11)9-7-8-9/h3-6,9,12H,2,7-8H2,1H3. The van der Waals surface area contributed by atoms with Crippen molar-refractivity contribution in [3.05, 3.63) is 35.4 Å². The fraction of sp³-hybridized carbons (Fsp3) is 0.462. The molecule has 0 saturated heterocycles. The highest BCUT2D eigenvalue weighted by Crippen LogP contribution is 2.44. The first-order valence-electron chi connectivity index (χ1n) is 5.63. The predicted molar refractivity (Wildman–Crippen MR) is 66.7 cm³/mol. The molecule has 1 saturated carbocycles. The van der Waals surface area contributed by atoms with Gasteiger partial charge in [0.05, 0.1) is 6.61 Å². The van der Waals surface area contributed by atoms with Crippen molar-refractivity contribution >= 4 is 21.9 Å². The van der Waals surface area contributed by atoms with Crippen LogP contribution in [0, 0.1) is 0 Å². The summed E-state index contributed by atoms with van der Waals surface area (Å²) in [7, 11) is 0. The smallest absolute Gasteiger partial charge is 0.324 e. The lowest BCUT2D eigenvalue weighted by molar-refractivity contribution is -0.142. The Labute approximate surface area is 104 Å². The third-order valence-electron chi connectivity index (χ3n) is 2.78. The number of ether oxygens (including phenoxy) is 1. The summed E-state index contributed by atoms with van der Waals surface area (Å²) < 4.78 is 5.03. The average Bonchev–Trinajstić information content (AvgIpc) is 3.12. The number of hydrogen-bond acceptors (Lipinski definition) is 2. The molecule has 1 aliphatic rings. The van der Waals surface area contributed by atoms with Gasteiger partial charge >= 0.3 is 5.97 Å². The summed E-state index contributed by atoms with van der Waals surface area (Å²) in [5, 5.41) is 0. The number of esters is 1. The Balaban J connectivity index is 2.21. The Morgan fingerprint density at radius 1 is 1.50 bits per heavy atom. The molecule has 16 heavy (non-hydrogen) atoms. The Hall–Kier alpha value is -0.830. The molecule has 86 valence electrons. The van der Waals surface area contributed by atoms with Crippen LogP contribution in [0.15, 0.2) is 24.3 Å². The van der Waals surface area contributed by atoms with Gasteiger partial charge in [-0.2, -0.15) is 0 Å². The fourth-order valence-corrected chi connectivity index (χ4v) is 2.40. The van der Waals surface area contributed by atoms with Gasteiger partial charge < -0.3 is 4.74 Å². The quantitative estimate of drug-likeness (QED) is 0.624. The molecule has 1 aliphatic carbocycles. The van der Waals surface area contributed by atoms with Crippen molar-refractivity contribution in [2.45, 2.75) is 30.5 Å². The molecule has 0 bridgehead atoms. The second-order valence-electron chi connectivity index (χ2n) is 4.02. The van der Waals surface area contributed by atoms with E-state index in [4.69, 9.17) is 4.74 Å². The topological polar surface area (TPSA) is 26.3 Å². The predicted octanol–water partition coefficient (Wildman–Crippen LogP) is 3.56. The first-order valence-corrected chi connectivity index (χ1v) is 6.55. The SMILES string of the molecule is CCOC(=O)C(Br)c1ccccc1C1CC1. The van der Waals surface area contributed by atoms with Crippen LogP contribution in [0.1, 0.15) is 41.6 Å². The molecule has 0 aliphatic heterocycles. The Morgan fingerprint density at radius 2 is 2.19 bits per heavy atom. The molecule has 1 atom stereocenters. The summed E-state index contributed by atoms with van der Waals surface area (Å²) in [6, 6.07) is 8.11. The summed E-state index contributed by atoms with van der Waals surface area (Å²) in [6.07, 6.45) is 2.47. The lowest BCUT2D eigenvalue weighted by Crippen LogP contribution is -2.12. The van der Waals surface area contributed by atoms with Gasteiger partial charge in [-0.05, 0) is 36.8 Å². The summed E-state index contributed by atoms with van der Waals surface area (Å²) in [5.74, 6) is 0.446. The van der Waals surface area contributed by atoms with Crippen LogP contribution >= 0.6 is 15.9 Å². The zero-order valence-corrected chi connectivity index (χ0v) is 10.9. The summed E-state index contributed by atoms with van der Waals surface area (Å²) >= 11 is 3.42. The summed E-state index contributed by atoms with van der Waals surface area (Å²) in [5.41, 5.74) is 2.35. The average molecular weight is 283 g/mol. The minimum absolute atomic E-state index is 0.199. The molecule has 2 rings (SSSR count). The van der Waals surface area contributed by atoms with Gasteiger partial charge in [-0.3, -0.25) is 4.79 Å². The largest absolute Gasteiger partial charge is 0.465 e. The van der Waals surface area contributed by atoms with Crippen LogP contribution in [0.3, 0.4) is 0 Å². The van der Waals surface area contributed by atoms with Crippen molar-refractivity contribution in [1.29, 1.82) is 0 Å². The van der Waals surface area contributed by atoms with E-state index >= 15 is 0 Å². The van der Waals surface area contributed by atoms with E-state index in [1.54, 1.807) is 0 Å². The van der Waals surface area contributed by atoms with E-state index < -0.39 is 0 Å². The summed E-state index contributed by atoms with van der Waals surface area (Å²) in [6.45, 7) is 2.25. The Kier molecular flexibility index (Phi) is 3.64. The number of carbonyl (C=O) groups is 1. The van der Waals surface area contributed by atoms with Gasteiger partial charge in [0.1, 0.15) is 4.83 Å². The molecular weight excluding hydrogens is 268 g/mol. The van der Waals surface area contributed by atoms with E-state index in [9.17, 15) is 4.79 Å². The van der Waals surface area contributed by atoms with Gasteiger partial charge in [0.15, 0.2) is 0 Å². The molecular formula is C13H15BrO2. The highest BCUT2D eigenvalue weighted by Gasteiger charge is 2.29. The Morgan fingerprint density at radius 3 is 2.81 bits per heavy atom. The minimum Gasteiger partial charge on any atom is -0.465 e. The number of halogens is 1. The van der Waals surface area contributed by atoms with Gasteiger partial charge in [0, 0.05) is 0 Å². The number of alkyl halides is 1. The normalized spacial score (nSPS) is 16.9. The maximum absolute atomic E-state index is 11.7. The highest BCUT2D eigenvalue weighted by molar-refractivity contribution is 9.09. The van der Waals surface area contributed by atoms with Gasteiger partial charge in [-0.25, -0.2) is 0 Å². The monoisotopic (exact) mass is 282 g/mol. The van der Waals surface area contributed by atoms with Crippen molar-refractivity contribution in [2.24, 2.45) is 0 Å². The fourth-order valence-electron chi connectivity index (χ4n) is 1.85. The third-order valence-corrected chi connectivity index (χ3v) is 3.65. The molecule has 2 nitrogen and oxygen atoms in total. The number of hydrogen-bond donors (Lipinski definition) is 0. The summed E-state index contributed by atoms with van der Waals surface area (Å²) in [4.78, 5) is 11.3. The molecule has 0 radical (unpaired) electrons. The molecule has 1 fully saturated rings. The maximum atomic E-state index is 11.7. The number of carbonyl (C=O) groups excluding carboxylic acids is 1. The van der Waals surface area contributed by atoms with E-state index in [2.05, 4.69) is 22.0 Å². The van der Waals surface area contributed by atoms with Crippen molar-refractivity contribution in [2.75, 3.05) is 6.61 Å². The minimum atomic E-state index is -0.329. The van der Waals surface area contributed by atoms with E-state index in [0.717, 1.165) is 5.56 Å². The lowest BCUT2D eigenvalue weighted by atomic mass is 10.0. The first-order chi connectivity index (χ1) is 7.74. The molecule has 0 aromatic heterocycles. The van der Waals surface area contributed by atoms with Crippen LogP contribution in [0.4, 0.5) is 0 Å². The van der Waals surface area contributed by atoms with E-state index in [1.165, 1.54) is 18.4 Å². The van der Waals surface area contributed by atoms with Crippen molar-refractivity contribution in [1.82, 2.24) is 0 Å². The van der Waals surface area contributed by atoms with Crippen LogP contribution in [-0.2, 0) is 9.53 Å². The molecule has 1 aromatic carbocycles. The van der Waals surface area contributed by atoms with Gasteiger partial charge in [0.2, 0.25) is 0 Å². The zero-order chi connectivity index (χ0) is 11.5. The van der Waals surface area contributed by atoms with Gasteiger partial charge in [-0.1, -0.05) is 40.2 Å². The van der Waals surface area contributed by atoms with Crippen LogP contribution in [0.2, 0.25) is 0 Å². The third kappa shape index (κ3) is 2.46. The number of benzene rings is 1. The molecule has 0 spiro atoms. The van der Waals surface area contributed by atoms with E-state index in [-0.39, 0.29) is 10.8 Å². The maximum Gasteiger partial charge on any atom is 0.324 e. The lowest BCUT2D eigenvalue weighted by Gasteiger charge is -2.13. The van der Waals surface area contributed by atoms with Gasteiger partial charge in [-0.15, -0.1) is 0 Å². The molecule has 3 heteroatoms. The van der Waals surface area contributed by atoms with Gasteiger partial charge in [0.25, 0.3) is 0 Å². The molecule has 0 N–H and O–H groups in total. The van der Waals surface area contributed by atoms with Crippen molar-refractivity contribution in [3.8, 4) is 0 Å². The van der Waals surface area contributed by atoms with E-state index in [1.807, 2.05) is 25.1 Å². The Bertz CT molecular complexity index is 385. The number of rotatable bonds is 4. The molecule has 0 heterocycles.